The maximum absolute atomic E-state index is 13.4. The van der Waals surface area contributed by atoms with Crippen LogP contribution in [0.15, 0.2) is 97.3 Å². The Balaban J connectivity index is 1.27. The van der Waals surface area contributed by atoms with E-state index in [0.717, 1.165) is 11.8 Å². The van der Waals surface area contributed by atoms with Crippen molar-refractivity contribution >= 4 is 83.8 Å². The van der Waals surface area contributed by atoms with Crippen molar-refractivity contribution in [3.8, 4) is 50.8 Å². The molecule has 0 atom stereocenters. The van der Waals surface area contributed by atoms with Gasteiger partial charge in [-0.15, -0.1) is 0 Å². The number of halogens is 2. The van der Waals surface area contributed by atoms with E-state index in [4.69, 9.17) is 41.6 Å². The molecule has 2 aliphatic carbocycles. The number of aromatic hydroxyl groups is 1. The number of benzene rings is 6. The standard InChI is InChI=1S/C43H30Cl2N2O12S/c1-2-47(10-3-11-60(55,56)57)22-6-9-32-36(14-22)58-37-18-33(48)23-7-4-20(12-25(23)40(37)46-32)21-5-8-24(26(13-21)43(53)54)39-27-15-30(44)34(49)19-35(27)59-42-28(39)16-31(45)41(52)29(42)17-38(50)51/h4-9,12-16,18-19,52H,2-3,10-11,17H2,1H3,(H,50,51)(H,53,54)(H,55,56,57). The normalized spacial score (nSPS) is 11.9. The number of carbonyl (C=O) groups is 2. The van der Waals surface area contributed by atoms with E-state index >= 15 is 0 Å². The van der Waals surface area contributed by atoms with E-state index in [1.165, 1.54) is 30.3 Å². The Labute approximate surface area is 348 Å². The van der Waals surface area contributed by atoms with Crippen LogP contribution in [0, 0.1) is 0 Å². The second kappa shape index (κ2) is 15.3. The van der Waals surface area contributed by atoms with Crippen molar-refractivity contribution in [2.75, 3.05) is 23.7 Å². The highest BCUT2D eigenvalue weighted by atomic mass is 35.5. The van der Waals surface area contributed by atoms with Crippen molar-refractivity contribution in [1.29, 1.82) is 0 Å². The lowest BCUT2D eigenvalue weighted by Gasteiger charge is -2.23. The summed E-state index contributed by atoms with van der Waals surface area (Å²) in [5.74, 6) is -3.43. The van der Waals surface area contributed by atoms with Crippen LogP contribution in [0.25, 0.3) is 77.9 Å². The number of fused-ring (bicyclic) bond motifs is 6. The van der Waals surface area contributed by atoms with Crippen molar-refractivity contribution in [1.82, 2.24) is 4.98 Å². The number of nitrogens with zero attached hydrogens (tertiary/aromatic N) is 2. The lowest BCUT2D eigenvalue weighted by molar-refractivity contribution is -0.136. The largest absolute Gasteiger partial charge is 0.506 e. The molecule has 304 valence electrons. The Morgan fingerprint density at radius 1 is 0.800 bits per heavy atom. The maximum Gasteiger partial charge on any atom is 0.336 e. The van der Waals surface area contributed by atoms with Crippen molar-refractivity contribution in [2.45, 2.75) is 19.8 Å². The van der Waals surface area contributed by atoms with Crippen LogP contribution in [-0.4, -0.2) is 64.1 Å². The van der Waals surface area contributed by atoms with Gasteiger partial charge in [0.2, 0.25) is 5.43 Å². The molecule has 0 aromatic heterocycles. The molecule has 60 heavy (non-hydrogen) atoms. The first-order valence-electron chi connectivity index (χ1n) is 18.2. The van der Waals surface area contributed by atoms with Crippen molar-refractivity contribution in [2.24, 2.45) is 0 Å². The molecule has 14 nitrogen and oxygen atoms in total. The third-order valence-corrected chi connectivity index (χ3v) is 11.7. The molecule has 0 unspecified atom stereocenters. The number of rotatable bonds is 11. The van der Waals surface area contributed by atoms with Gasteiger partial charge < -0.3 is 29.1 Å². The Kier molecular flexibility index (Phi) is 10.2. The highest BCUT2D eigenvalue weighted by Gasteiger charge is 2.27. The van der Waals surface area contributed by atoms with Gasteiger partial charge in [-0.05, 0) is 72.5 Å². The minimum absolute atomic E-state index is 0.0458. The summed E-state index contributed by atoms with van der Waals surface area (Å²) in [7, 11) is -4.11. The number of anilines is 1. The van der Waals surface area contributed by atoms with Crippen LogP contribution in [0.1, 0.15) is 29.3 Å². The zero-order valence-electron chi connectivity index (χ0n) is 31.2. The molecule has 17 heteroatoms. The van der Waals surface area contributed by atoms with Gasteiger partial charge in [-0.2, -0.15) is 8.42 Å². The second-order valence-electron chi connectivity index (χ2n) is 14.0. The minimum Gasteiger partial charge on any atom is -0.506 e. The lowest BCUT2D eigenvalue weighted by Crippen LogP contribution is -2.25. The molecular formula is C43H30Cl2N2O12S. The number of hydrogen-bond acceptors (Lipinski definition) is 11. The summed E-state index contributed by atoms with van der Waals surface area (Å²) < 4.78 is 43.9. The minimum atomic E-state index is -4.11. The molecule has 0 radical (unpaired) electrons. The first-order valence-corrected chi connectivity index (χ1v) is 20.6. The number of aromatic carboxylic acids is 1. The van der Waals surface area contributed by atoms with Crippen molar-refractivity contribution in [3.05, 3.63) is 120 Å². The summed E-state index contributed by atoms with van der Waals surface area (Å²) in [6, 6.07) is 20.0. The third kappa shape index (κ3) is 7.36. The zero-order chi connectivity index (χ0) is 42.8. The van der Waals surface area contributed by atoms with Crippen LogP contribution in [0.2, 0.25) is 10.0 Å². The molecular weight excluding hydrogens is 839 g/mol. The maximum atomic E-state index is 13.4. The van der Waals surface area contributed by atoms with Gasteiger partial charge >= 0.3 is 11.9 Å². The smallest absolute Gasteiger partial charge is 0.336 e. The van der Waals surface area contributed by atoms with Crippen molar-refractivity contribution in [3.63, 3.8) is 0 Å². The van der Waals surface area contributed by atoms with Crippen LogP contribution in [-0.2, 0) is 21.3 Å². The fraction of sp³-hybridized carbons (Fsp3) is 0.140. The van der Waals surface area contributed by atoms with E-state index < -0.39 is 39.7 Å². The van der Waals surface area contributed by atoms with E-state index in [1.54, 1.807) is 36.4 Å². The zero-order valence-corrected chi connectivity index (χ0v) is 33.5. The molecule has 0 saturated heterocycles. The first kappa shape index (κ1) is 40.3. The number of hydrogen-bond donors (Lipinski definition) is 4. The Hall–Kier alpha value is -6.52. The van der Waals surface area contributed by atoms with Crippen LogP contribution in [0.4, 0.5) is 5.69 Å². The Morgan fingerprint density at radius 2 is 1.53 bits per heavy atom. The molecule has 4 N–H and O–H groups in total. The molecule has 4 aromatic carbocycles. The molecule has 8 rings (SSSR count). The predicted molar refractivity (Wildman–Crippen MR) is 227 cm³/mol. The average Bonchev–Trinajstić information content (AvgIpc) is 3.19. The quantitative estimate of drug-likeness (QED) is 0.0544. The summed E-state index contributed by atoms with van der Waals surface area (Å²) in [4.78, 5) is 57.7. The van der Waals surface area contributed by atoms with E-state index in [-0.39, 0.29) is 78.0 Å². The summed E-state index contributed by atoms with van der Waals surface area (Å²) >= 11 is 12.7. The fourth-order valence-electron chi connectivity index (χ4n) is 7.52. The molecule has 0 bridgehead atoms. The van der Waals surface area contributed by atoms with Gasteiger partial charge in [0.15, 0.2) is 16.8 Å². The van der Waals surface area contributed by atoms with Gasteiger partial charge in [0.1, 0.15) is 28.3 Å². The number of carboxylic acids is 2. The predicted octanol–water partition coefficient (Wildman–Crippen LogP) is 8.43. The van der Waals surface area contributed by atoms with E-state index in [2.05, 4.69) is 0 Å². The van der Waals surface area contributed by atoms with Crippen molar-refractivity contribution < 1.29 is 46.7 Å². The monoisotopic (exact) mass is 868 g/mol. The van der Waals surface area contributed by atoms with E-state index in [9.17, 15) is 42.9 Å². The number of aromatic nitrogens is 1. The summed E-state index contributed by atoms with van der Waals surface area (Å²) in [6.45, 7) is 2.79. The van der Waals surface area contributed by atoms with Gasteiger partial charge in [0, 0.05) is 69.8 Å². The van der Waals surface area contributed by atoms with Gasteiger partial charge in [0.05, 0.1) is 27.8 Å². The van der Waals surface area contributed by atoms with Gasteiger partial charge in [0.25, 0.3) is 10.1 Å². The average molecular weight is 870 g/mol. The van der Waals surface area contributed by atoms with Gasteiger partial charge in [-0.3, -0.25) is 18.9 Å². The molecule has 0 spiro atoms. The highest BCUT2D eigenvalue weighted by Crippen LogP contribution is 2.47. The Morgan fingerprint density at radius 3 is 2.25 bits per heavy atom. The van der Waals surface area contributed by atoms with Crippen LogP contribution in [0.3, 0.4) is 0 Å². The highest BCUT2D eigenvalue weighted by molar-refractivity contribution is 7.85. The topological polar surface area (TPSA) is 226 Å². The third-order valence-electron chi connectivity index (χ3n) is 10.3. The SMILES string of the molecule is CCN(CCCS(=O)(=O)O)c1ccc2nc3c4cc(-c5ccc(-c6c7cc(Cl)c(=O)cc-7oc7c(CC(=O)O)c(O)c(Cl)cc67)c(C(=O)O)c5)ccc4c(=O)cc-3oc2c1. The number of phenols is 1. The summed E-state index contributed by atoms with van der Waals surface area (Å²) in [5, 5.41) is 31.6. The van der Waals surface area contributed by atoms with Gasteiger partial charge in [-0.25, -0.2) is 9.78 Å². The lowest BCUT2D eigenvalue weighted by atomic mass is 9.88. The molecule has 2 heterocycles. The molecule has 4 aliphatic rings. The van der Waals surface area contributed by atoms with Crippen LogP contribution < -0.4 is 15.8 Å². The first-order chi connectivity index (χ1) is 28.5. The number of carboxylic acid groups (broad SMARTS) is 2. The molecule has 2 aliphatic heterocycles. The van der Waals surface area contributed by atoms with Crippen LogP contribution >= 0.6 is 23.2 Å². The second-order valence-corrected chi connectivity index (χ2v) is 16.4. The summed E-state index contributed by atoms with van der Waals surface area (Å²) in [6.07, 6.45) is -0.507. The number of aliphatic carboxylic acids is 1. The van der Waals surface area contributed by atoms with Gasteiger partial charge in [-0.1, -0.05) is 41.4 Å². The Bertz CT molecular complexity index is 3290. The molecule has 0 saturated carbocycles. The number of phenolic OH excluding ortho intramolecular Hbond substituents is 1. The molecule has 0 amide bonds. The fourth-order valence-corrected chi connectivity index (χ4v) is 8.40. The molecule has 0 fully saturated rings. The molecule has 4 aromatic rings. The van der Waals surface area contributed by atoms with Crippen LogP contribution in [0.5, 0.6) is 5.75 Å². The summed E-state index contributed by atoms with van der Waals surface area (Å²) in [5.41, 5.74) is 2.00. The van der Waals surface area contributed by atoms with E-state index in [1.807, 2.05) is 17.9 Å². The van der Waals surface area contributed by atoms with E-state index in [0.29, 0.717) is 51.8 Å².